The van der Waals surface area contributed by atoms with Gasteiger partial charge in [-0.15, -0.1) is 0 Å². The predicted molar refractivity (Wildman–Crippen MR) is 92.7 cm³/mol. The van der Waals surface area contributed by atoms with E-state index >= 15 is 0 Å². The minimum atomic E-state index is -0.171. The molecule has 2 amide bonds. The van der Waals surface area contributed by atoms with Crippen molar-refractivity contribution in [2.75, 3.05) is 18.9 Å². The van der Waals surface area contributed by atoms with E-state index in [-0.39, 0.29) is 30.4 Å². The average Bonchev–Trinajstić information content (AvgIpc) is 3.05. The third-order valence-corrected chi connectivity index (χ3v) is 4.41. The lowest BCUT2D eigenvalue weighted by molar-refractivity contribution is -0.127. The Morgan fingerprint density at radius 2 is 2.20 bits per heavy atom. The molecular weight excluding hydrogens is 320 g/mol. The second-order valence-corrected chi connectivity index (χ2v) is 6.27. The van der Waals surface area contributed by atoms with Gasteiger partial charge in [0.25, 0.3) is 0 Å². The molecule has 8 nitrogen and oxygen atoms in total. The molecule has 0 aromatic carbocycles. The SMILES string of the molecule is Cc1cc(NC(=O)CN[C@@H]2CC(=O)N(C)[C@H]2c2cccnc2)n(C)n1. The second kappa shape index (κ2) is 7.02. The number of hydrogen-bond donors (Lipinski definition) is 2. The number of likely N-dealkylation sites (N-methyl/N-ethyl adjacent to an activating group) is 1. The molecule has 1 aliphatic heterocycles. The molecule has 2 N–H and O–H groups in total. The van der Waals surface area contributed by atoms with Crippen LogP contribution in [0.15, 0.2) is 30.6 Å². The van der Waals surface area contributed by atoms with Gasteiger partial charge in [0.1, 0.15) is 5.82 Å². The lowest BCUT2D eigenvalue weighted by atomic mass is 10.0. The summed E-state index contributed by atoms with van der Waals surface area (Å²) in [5.74, 6) is 0.525. The summed E-state index contributed by atoms with van der Waals surface area (Å²) >= 11 is 0. The van der Waals surface area contributed by atoms with E-state index in [4.69, 9.17) is 0 Å². The zero-order valence-corrected chi connectivity index (χ0v) is 14.6. The summed E-state index contributed by atoms with van der Waals surface area (Å²) < 4.78 is 1.62. The summed E-state index contributed by atoms with van der Waals surface area (Å²) in [6.45, 7) is 1.99. The number of nitrogens with zero attached hydrogens (tertiary/aromatic N) is 4. The summed E-state index contributed by atoms with van der Waals surface area (Å²) in [4.78, 5) is 30.2. The molecule has 25 heavy (non-hydrogen) atoms. The number of hydrogen-bond acceptors (Lipinski definition) is 5. The number of rotatable bonds is 5. The van der Waals surface area contributed by atoms with Crippen molar-refractivity contribution in [1.82, 2.24) is 25.0 Å². The van der Waals surface area contributed by atoms with E-state index in [0.717, 1.165) is 11.3 Å². The molecular formula is C17H22N6O2. The first-order chi connectivity index (χ1) is 12.0. The first kappa shape index (κ1) is 17.1. The fourth-order valence-electron chi connectivity index (χ4n) is 3.20. The number of anilines is 1. The van der Waals surface area contributed by atoms with Gasteiger partial charge in [-0.05, 0) is 18.6 Å². The fourth-order valence-corrected chi connectivity index (χ4v) is 3.20. The molecule has 1 fully saturated rings. The molecule has 0 saturated carbocycles. The highest BCUT2D eigenvalue weighted by Crippen LogP contribution is 2.31. The number of pyridine rings is 1. The van der Waals surface area contributed by atoms with Crippen LogP contribution in [0.25, 0.3) is 0 Å². The van der Waals surface area contributed by atoms with E-state index in [0.29, 0.717) is 12.2 Å². The first-order valence-corrected chi connectivity index (χ1v) is 8.15. The summed E-state index contributed by atoms with van der Waals surface area (Å²) in [5.41, 5.74) is 1.79. The van der Waals surface area contributed by atoms with Crippen LogP contribution in [-0.4, -0.2) is 51.1 Å². The molecule has 0 bridgehead atoms. The number of nitrogens with one attached hydrogen (secondary N) is 2. The molecule has 3 heterocycles. The van der Waals surface area contributed by atoms with Crippen molar-refractivity contribution < 1.29 is 9.59 Å². The number of amides is 2. The minimum absolute atomic E-state index is 0.0500. The molecule has 0 unspecified atom stereocenters. The van der Waals surface area contributed by atoms with Crippen LogP contribution >= 0.6 is 0 Å². The molecule has 3 rings (SSSR count). The fraction of sp³-hybridized carbons (Fsp3) is 0.412. The summed E-state index contributed by atoms with van der Waals surface area (Å²) in [5, 5.41) is 10.2. The van der Waals surface area contributed by atoms with Gasteiger partial charge in [-0.1, -0.05) is 6.07 Å². The van der Waals surface area contributed by atoms with E-state index in [1.165, 1.54) is 0 Å². The quantitative estimate of drug-likeness (QED) is 0.831. The van der Waals surface area contributed by atoms with E-state index in [1.54, 1.807) is 36.1 Å². The Balaban J connectivity index is 1.64. The Morgan fingerprint density at radius 1 is 1.40 bits per heavy atom. The van der Waals surface area contributed by atoms with Gasteiger partial charge in [-0.2, -0.15) is 5.10 Å². The van der Waals surface area contributed by atoms with Crippen molar-refractivity contribution in [3.63, 3.8) is 0 Å². The number of aryl methyl sites for hydroxylation is 2. The summed E-state index contributed by atoms with van der Waals surface area (Å²) in [6.07, 6.45) is 3.81. The van der Waals surface area contributed by atoms with E-state index in [1.807, 2.05) is 25.1 Å². The highest BCUT2D eigenvalue weighted by atomic mass is 16.2. The van der Waals surface area contributed by atoms with E-state index < -0.39 is 0 Å². The van der Waals surface area contributed by atoms with Crippen LogP contribution in [0.3, 0.4) is 0 Å². The minimum Gasteiger partial charge on any atom is -0.337 e. The maximum absolute atomic E-state index is 12.2. The smallest absolute Gasteiger partial charge is 0.239 e. The van der Waals surface area contributed by atoms with Gasteiger partial charge >= 0.3 is 0 Å². The molecule has 2 aromatic rings. The molecule has 1 aliphatic rings. The van der Waals surface area contributed by atoms with Crippen molar-refractivity contribution in [3.05, 3.63) is 41.9 Å². The average molecular weight is 342 g/mol. The van der Waals surface area contributed by atoms with Gasteiger partial charge in [0, 0.05) is 45.0 Å². The summed E-state index contributed by atoms with van der Waals surface area (Å²) in [7, 11) is 3.55. The first-order valence-electron chi connectivity index (χ1n) is 8.15. The Hall–Kier alpha value is -2.74. The van der Waals surface area contributed by atoms with Crippen LogP contribution in [0.2, 0.25) is 0 Å². The molecule has 0 aliphatic carbocycles. The highest BCUT2D eigenvalue weighted by Gasteiger charge is 2.38. The number of carbonyl (C=O) groups is 2. The zero-order valence-electron chi connectivity index (χ0n) is 14.6. The Labute approximate surface area is 146 Å². The molecule has 1 saturated heterocycles. The van der Waals surface area contributed by atoms with Crippen LogP contribution in [-0.2, 0) is 16.6 Å². The van der Waals surface area contributed by atoms with Gasteiger partial charge in [0.05, 0.1) is 18.3 Å². The van der Waals surface area contributed by atoms with Gasteiger partial charge < -0.3 is 15.5 Å². The van der Waals surface area contributed by atoms with Crippen LogP contribution in [0, 0.1) is 6.92 Å². The number of aromatic nitrogens is 3. The molecule has 2 aromatic heterocycles. The van der Waals surface area contributed by atoms with Crippen molar-refractivity contribution in [1.29, 1.82) is 0 Å². The monoisotopic (exact) mass is 342 g/mol. The van der Waals surface area contributed by atoms with Crippen LogP contribution in [0.5, 0.6) is 0 Å². The van der Waals surface area contributed by atoms with Crippen LogP contribution < -0.4 is 10.6 Å². The normalized spacial score (nSPS) is 20.1. The second-order valence-electron chi connectivity index (χ2n) is 6.27. The lowest BCUT2D eigenvalue weighted by Gasteiger charge is -2.25. The topological polar surface area (TPSA) is 92.2 Å². The Kier molecular flexibility index (Phi) is 4.80. The summed E-state index contributed by atoms with van der Waals surface area (Å²) in [6, 6.07) is 5.33. The standard InChI is InChI=1S/C17H22N6O2/c1-11-7-14(23(3)21-11)20-15(24)10-19-13-8-16(25)22(2)17(13)12-5-4-6-18-9-12/h4-7,9,13,17,19H,8,10H2,1-3H3,(H,20,24)/t13-,17+/m1/s1. The highest BCUT2D eigenvalue weighted by molar-refractivity contribution is 5.91. The van der Waals surface area contributed by atoms with E-state index in [2.05, 4.69) is 20.7 Å². The number of carbonyl (C=O) groups excluding carboxylic acids is 2. The maximum Gasteiger partial charge on any atom is 0.239 e. The van der Waals surface area contributed by atoms with Gasteiger partial charge in [0.15, 0.2) is 0 Å². The molecule has 132 valence electrons. The van der Waals surface area contributed by atoms with Gasteiger partial charge in [-0.3, -0.25) is 19.3 Å². The van der Waals surface area contributed by atoms with Crippen molar-refractivity contribution in [3.8, 4) is 0 Å². The Morgan fingerprint density at radius 3 is 2.84 bits per heavy atom. The Bertz CT molecular complexity index is 773. The number of likely N-dealkylation sites (tertiary alicyclic amines) is 1. The third kappa shape index (κ3) is 3.69. The van der Waals surface area contributed by atoms with Gasteiger partial charge in [0.2, 0.25) is 11.8 Å². The van der Waals surface area contributed by atoms with Crippen LogP contribution in [0.1, 0.15) is 23.7 Å². The molecule has 0 spiro atoms. The van der Waals surface area contributed by atoms with Gasteiger partial charge in [-0.25, -0.2) is 0 Å². The third-order valence-electron chi connectivity index (χ3n) is 4.41. The predicted octanol–water partition coefficient (Wildman–Crippen LogP) is 0.624. The molecule has 0 radical (unpaired) electrons. The van der Waals surface area contributed by atoms with E-state index in [9.17, 15) is 9.59 Å². The van der Waals surface area contributed by atoms with Crippen LogP contribution in [0.4, 0.5) is 5.82 Å². The molecule has 2 atom stereocenters. The maximum atomic E-state index is 12.2. The van der Waals surface area contributed by atoms with Crippen molar-refractivity contribution >= 4 is 17.6 Å². The zero-order chi connectivity index (χ0) is 18.0. The lowest BCUT2D eigenvalue weighted by Crippen LogP contribution is -2.39. The largest absolute Gasteiger partial charge is 0.337 e. The van der Waals surface area contributed by atoms with Crippen molar-refractivity contribution in [2.24, 2.45) is 7.05 Å². The molecule has 8 heteroatoms. The van der Waals surface area contributed by atoms with Crippen molar-refractivity contribution in [2.45, 2.75) is 25.4 Å².